The van der Waals surface area contributed by atoms with Crippen molar-refractivity contribution in [1.29, 1.82) is 0 Å². The van der Waals surface area contributed by atoms with Gasteiger partial charge >= 0.3 is 11.9 Å². The minimum Gasteiger partial charge on any atom is -0.481 e. The summed E-state index contributed by atoms with van der Waals surface area (Å²) in [6.45, 7) is 0. The molecule has 0 aliphatic carbocycles. The van der Waals surface area contributed by atoms with Gasteiger partial charge in [0.15, 0.2) is 5.13 Å². The minimum absolute atomic E-state index is 0.407. The average Bonchev–Trinajstić information content (AvgIpc) is 2.69. The van der Waals surface area contributed by atoms with Gasteiger partial charge in [-0.15, -0.1) is 0 Å². The molecule has 7 heteroatoms. The number of thiazole rings is 1. The first-order valence-electron chi connectivity index (χ1n) is 5.13. The Morgan fingerprint density at radius 2 is 2.06 bits per heavy atom. The zero-order valence-electron chi connectivity index (χ0n) is 9.16. The Kier molecular flexibility index (Phi) is 3.42. The van der Waals surface area contributed by atoms with E-state index in [9.17, 15) is 9.59 Å². The number of para-hydroxylation sites is 1. The lowest BCUT2D eigenvalue weighted by molar-refractivity contribution is -0.144. The summed E-state index contributed by atoms with van der Waals surface area (Å²) in [7, 11) is 0. The van der Waals surface area contributed by atoms with Gasteiger partial charge in [-0.2, -0.15) is 0 Å². The molecule has 94 valence electrons. The Labute approximate surface area is 106 Å². The van der Waals surface area contributed by atoms with Crippen molar-refractivity contribution >= 4 is 38.6 Å². The number of rotatable bonds is 5. The summed E-state index contributed by atoms with van der Waals surface area (Å²) in [5, 5.41) is 20.6. The largest absolute Gasteiger partial charge is 0.481 e. The van der Waals surface area contributed by atoms with E-state index >= 15 is 0 Å². The van der Waals surface area contributed by atoms with E-state index < -0.39 is 24.4 Å². The van der Waals surface area contributed by atoms with Crippen molar-refractivity contribution in [2.24, 2.45) is 0 Å². The molecule has 3 N–H and O–H groups in total. The molecule has 0 radical (unpaired) electrons. The standard InChI is InChI=1S/C11H10N2O4S/c14-9(15)5-7(10(16)17)13-11-12-6-3-1-2-4-8(6)18-11/h1-4,7H,5H2,(H,12,13)(H,14,15)(H,16,17). The van der Waals surface area contributed by atoms with Crippen LogP contribution in [0, 0.1) is 0 Å². The molecule has 1 unspecified atom stereocenters. The quantitative estimate of drug-likeness (QED) is 0.760. The summed E-state index contributed by atoms with van der Waals surface area (Å²) >= 11 is 1.29. The number of hydrogen-bond donors (Lipinski definition) is 3. The highest BCUT2D eigenvalue weighted by atomic mass is 32.1. The predicted molar refractivity (Wildman–Crippen MR) is 66.9 cm³/mol. The SMILES string of the molecule is O=C(O)CC(Nc1nc2ccccc2s1)C(=O)O. The van der Waals surface area contributed by atoms with Crippen molar-refractivity contribution in [3.05, 3.63) is 24.3 Å². The normalized spacial score (nSPS) is 12.2. The van der Waals surface area contributed by atoms with Gasteiger partial charge in [0.1, 0.15) is 6.04 Å². The van der Waals surface area contributed by atoms with Gasteiger partial charge in [0.05, 0.1) is 16.6 Å². The van der Waals surface area contributed by atoms with Crippen LogP contribution in [0.2, 0.25) is 0 Å². The van der Waals surface area contributed by atoms with Gasteiger partial charge in [0, 0.05) is 0 Å². The zero-order valence-corrected chi connectivity index (χ0v) is 9.98. The monoisotopic (exact) mass is 266 g/mol. The van der Waals surface area contributed by atoms with Crippen LogP contribution in [-0.4, -0.2) is 33.2 Å². The zero-order chi connectivity index (χ0) is 13.1. The molecule has 0 aliphatic rings. The lowest BCUT2D eigenvalue weighted by Crippen LogP contribution is -2.31. The van der Waals surface area contributed by atoms with Gasteiger partial charge in [-0.25, -0.2) is 9.78 Å². The number of carboxylic acid groups (broad SMARTS) is 2. The third-order valence-electron chi connectivity index (χ3n) is 2.27. The van der Waals surface area contributed by atoms with Gasteiger partial charge in [-0.1, -0.05) is 23.5 Å². The van der Waals surface area contributed by atoms with Crippen molar-refractivity contribution in [2.75, 3.05) is 5.32 Å². The van der Waals surface area contributed by atoms with Crippen LogP contribution < -0.4 is 5.32 Å². The van der Waals surface area contributed by atoms with E-state index in [2.05, 4.69) is 10.3 Å². The Bertz CT molecular complexity index is 562. The number of benzene rings is 1. The number of anilines is 1. The van der Waals surface area contributed by atoms with Gasteiger partial charge in [0.25, 0.3) is 0 Å². The molecule has 1 aromatic heterocycles. The van der Waals surface area contributed by atoms with Crippen LogP contribution in [0.3, 0.4) is 0 Å². The van der Waals surface area contributed by atoms with Crippen LogP contribution in [0.5, 0.6) is 0 Å². The van der Waals surface area contributed by atoms with Crippen LogP contribution in [0.15, 0.2) is 24.3 Å². The van der Waals surface area contributed by atoms with Crippen molar-refractivity contribution in [3.8, 4) is 0 Å². The summed E-state index contributed by atoms with van der Waals surface area (Å²) in [5.74, 6) is -2.38. The van der Waals surface area contributed by atoms with E-state index in [1.165, 1.54) is 11.3 Å². The average molecular weight is 266 g/mol. The lowest BCUT2D eigenvalue weighted by atomic mass is 10.2. The second kappa shape index (κ2) is 5.01. The highest BCUT2D eigenvalue weighted by Crippen LogP contribution is 2.26. The van der Waals surface area contributed by atoms with Crippen molar-refractivity contribution in [3.63, 3.8) is 0 Å². The van der Waals surface area contributed by atoms with Crippen LogP contribution in [0.1, 0.15) is 6.42 Å². The van der Waals surface area contributed by atoms with E-state index in [1.807, 2.05) is 24.3 Å². The Hall–Kier alpha value is -2.15. The maximum absolute atomic E-state index is 10.9. The molecular formula is C11H10N2O4S. The maximum atomic E-state index is 10.9. The number of hydrogen-bond acceptors (Lipinski definition) is 5. The topological polar surface area (TPSA) is 99.5 Å². The molecule has 1 aromatic carbocycles. The van der Waals surface area contributed by atoms with Gasteiger partial charge in [-0.3, -0.25) is 4.79 Å². The van der Waals surface area contributed by atoms with Crippen LogP contribution in [0.4, 0.5) is 5.13 Å². The van der Waals surface area contributed by atoms with E-state index in [0.29, 0.717) is 5.13 Å². The Balaban J connectivity index is 2.20. The van der Waals surface area contributed by atoms with Crippen molar-refractivity contribution in [1.82, 2.24) is 4.98 Å². The fraction of sp³-hybridized carbons (Fsp3) is 0.182. The molecule has 0 saturated heterocycles. The molecule has 0 amide bonds. The molecule has 1 atom stereocenters. The maximum Gasteiger partial charge on any atom is 0.326 e. The number of carbonyl (C=O) groups is 2. The summed E-state index contributed by atoms with van der Waals surface area (Å²) in [6, 6.07) is 6.19. The minimum atomic E-state index is -1.21. The number of aliphatic carboxylic acids is 2. The Morgan fingerprint density at radius 1 is 1.33 bits per heavy atom. The van der Waals surface area contributed by atoms with E-state index in [4.69, 9.17) is 10.2 Å². The highest BCUT2D eigenvalue weighted by molar-refractivity contribution is 7.22. The molecule has 18 heavy (non-hydrogen) atoms. The Morgan fingerprint density at radius 3 is 2.67 bits per heavy atom. The lowest BCUT2D eigenvalue weighted by Gasteiger charge is -2.10. The van der Waals surface area contributed by atoms with Crippen molar-refractivity contribution in [2.45, 2.75) is 12.5 Å². The molecule has 0 aliphatic heterocycles. The van der Waals surface area contributed by atoms with E-state index in [1.54, 1.807) is 0 Å². The van der Waals surface area contributed by atoms with Crippen LogP contribution >= 0.6 is 11.3 Å². The van der Waals surface area contributed by atoms with Gasteiger partial charge in [0.2, 0.25) is 0 Å². The molecule has 6 nitrogen and oxygen atoms in total. The fourth-order valence-corrected chi connectivity index (χ4v) is 2.38. The molecule has 2 aromatic rings. The number of nitrogens with zero attached hydrogens (tertiary/aromatic N) is 1. The first kappa shape index (κ1) is 12.3. The first-order valence-corrected chi connectivity index (χ1v) is 5.94. The number of aromatic nitrogens is 1. The number of carboxylic acids is 2. The van der Waals surface area contributed by atoms with Crippen LogP contribution in [0.25, 0.3) is 10.2 Å². The second-order valence-corrected chi connectivity index (χ2v) is 4.65. The second-order valence-electron chi connectivity index (χ2n) is 3.62. The van der Waals surface area contributed by atoms with E-state index in [-0.39, 0.29) is 0 Å². The molecule has 1 heterocycles. The summed E-state index contributed by atoms with van der Waals surface area (Å²) in [6.07, 6.45) is -0.495. The van der Waals surface area contributed by atoms with Gasteiger partial charge < -0.3 is 15.5 Å². The molecule has 0 spiro atoms. The molecule has 0 saturated carbocycles. The highest BCUT2D eigenvalue weighted by Gasteiger charge is 2.21. The first-order chi connectivity index (χ1) is 8.56. The third-order valence-corrected chi connectivity index (χ3v) is 3.24. The summed E-state index contributed by atoms with van der Waals surface area (Å²) < 4.78 is 0.916. The van der Waals surface area contributed by atoms with Crippen LogP contribution in [-0.2, 0) is 9.59 Å². The molecule has 0 fully saturated rings. The number of fused-ring (bicyclic) bond motifs is 1. The smallest absolute Gasteiger partial charge is 0.326 e. The van der Waals surface area contributed by atoms with Gasteiger partial charge in [-0.05, 0) is 12.1 Å². The fourth-order valence-electron chi connectivity index (χ4n) is 1.46. The van der Waals surface area contributed by atoms with E-state index in [0.717, 1.165) is 10.2 Å². The molecular weight excluding hydrogens is 256 g/mol. The summed E-state index contributed by atoms with van der Waals surface area (Å²) in [4.78, 5) is 25.7. The third kappa shape index (κ3) is 2.75. The van der Waals surface area contributed by atoms with Crippen molar-refractivity contribution < 1.29 is 19.8 Å². The molecule has 2 rings (SSSR count). The molecule has 0 bridgehead atoms. The number of nitrogens with one attached hydrogen (secondary N) is 1. The predicted octanol–water partition coefficient (Wildman–Crippen LogP) is 1.64. The summed E-state index contributed by atoms with van der Waals surface area (Å²) in [5.41, 5.74) is 0.754.